The number of nitrogens with two attached hydrogens (primary N) is 1. The molecule has 1 fully saturated rings. The van der Waals surface area contributed by atoms with E-state index in [0.29, 0.717) is 23.5 Å². The van der Waals surface area contributed by atoms with E-state index in [4.69, 9.17) is 21.0 Å². The number of anilines is 2. The van der Waals surface area contributed by atoms with Gasteiger partial charge in [0.25, 0.3) is 0 Å². The second-order valence-corrected chi connectivity index (χ2v) is 11.2. The van der Waals surface area contributed by atoms with Crippen LogP contribution < -0.4 is 11.1 Å². The number of benzene rings is 1. The Morgan fingerprint density at radius 2 is 1.79 bits per heavy atom. The first kappa shape index (κ1) is 26.6. The first-order chi connectivity index (χ1) is 21.1. The Labute approximate surface area is 251 Å². The summed E-state index contributed by atoms with van der Waals surface area (Å²) in [5.74, 6) is 2.00. The van der Waals surface area contributed by atoms with Crippen molar-refractivity contribution in [3.8, 4) is 33.7 Å². The fourth-order valence-electron chi connectivity index (χ4n) is 5.42. The Balaban J connectivity index is 1.12. The fraction of sp³-hybridized carbons (Fsp3) is 0.194. The number of rotatable bonds is 7. The summed E-state index contributed by atoms with van der Waals surface area (Å²) in [7, 11) is 0. The highest BCUT2D eigenvalue weighted by Crippen LogP contribution is 2.32. The second kappa shape index (κ2) is 11.6. The van der Waals surface area contributed by atoms with Crippen LogP contribution in [-0.2, 0) is 6.54 Å². The number of likely N-dealkylation sites (tertiary alicyclic amines) is 1. The molecule has 0 unspecified atom stereocenters. The highest BCUT2D eigenvalue weighted by atomic mass is 32.1. The third kappa shape index (κ3) is 5.51. The number of nitrogen functional groups attached to an aromatic ring is 1. The molecule has 6 aromatic rings. The maximum absolute atomic E-state index is 9.06. The molecule has 12 heteroatoms. The minimum atomic E-state index is 0.182. The molecule has 0 aliphatic carbocycles. The molecule has 0 saturated carbocycles. The lowest BCUT2D eigenvalue weighted by molar-refractivity contribution is 0.211. The summed E-state index contributed by atoms with van der Waals surface area (Å²) in [6.45, 7) is 2.80. The van der Waals surface area contributed by atoms with E-state index in [-0.39, 0.29) is 5.82 Å². The largest absolute Gasteiger partial charge is 0.383 e. The van der Waals surface area contributed by atoms with Gasteiger partial charge in [0, 0.05) is 50.0 Å². The van der Waals surface area contributed by atoms with Crippen LogP contribution in [0.1, 0.15) is 24.2 Å². The van der Waals surface area contributed by atoms with E-state index in [1.807, 2.05) is 42.5 Å². The number of nitrogens with zero attached hydrogens (tertiary/aromatic N) is 9. The van der Waals surface area contributed by atoms with Gasteiger partial charge in [-0.15, -0.1) is 0 Å². The van der Waals surface area contributed by atoms with E-state index in [0.717, 1.165) is 65.5 Å². The summed E-state index contributed by atoms with van der Waals surface area (Å²) in [5.41, 5.74) is 11.6. The van der Waals surface area contributed by atoms with E-state index < -0.39 is 0 Å². The summed E-state index contributed by atoms with van der Waals surface area (Å²) in [5, 5.41) is 12.5. The van der Waals surface area contributed by atoms with Gasteiger partial charge in [-0.3, -0.25) is 9.47 Å². The number of nitriles is 1. The van der Waals surface area contributed by atoms with Gasteiger partial charge in [0.15, 0.2) is 11.5 Å². The molecule has 6 heterocycles. The van der Waals surface area contributed by atoms with Crippen LogP contribution in [-0.4, -0.2) is 57.9 Å². The number of imidazole rings is 1. The lowest BCUT2D eigenvalue weighted by Gasteiger charge is -2.32. The second-order valence-electron chi connectivity index (χ2n) is 10.4. The van der Waals surface area contributed by atoms with Crippen LogP contribution in [0.15, 0.2) is 79.3 Å². The van der Waals surface area contributed by atoms with E-state index >= 15 is 0 Å². The van der Waals surface area contributed by atoms with E-state index in [1.165, 1.54) is 17.1 Å². The summed E-state index contributed by atoms with van der Waals surface area (Å²) in [4.78, 5) is 25.9. The zero-order valence-corrected chi connectivity index (χ0v) is 23.9. The van der Waals surface area contributed by atoms with Crippen molar-refractivity contribution in [3.05, 3.63) is 90.6 Å². The topological polar surface area (TPSA) is 147 Å². The van der Waals surface area contributed by atoms with Gasteiger partial charge in [-0.1, -0.05) is 12.1 Å². The molecule has 0 bridgehead atoms. The van der Waals surface area contributed by atoms with Crippen molar-refractivity contribution >= 4 is 34.3 Å². The van der Waals surface area contributed by atoms with Gasteiger partial charge in [0.1, 0.15) is 23.2 Å². The highest BCUT2D eigenvalue weighted by Gasteiger charge is 2.21. The Hall–Kier alpha value is -5.25. The number of pyridine rings is 2. The number of hydrogen-bond donors (Lipinski definition) is 2. The van der Waals surface area contributed by atoms with Gasteiger partial charge in [0.05, 0.1) is 16.1 Å². The van der Waals surface area contributed by atoms with Gasteiger partial charge >= 0.3 is 0 Å². The van der Waals surface area contributed by atoms with Crippen molar-refractivity contribution in [2.45, 2.75) is 25.4 Å². The predicted octanol–water partition coefficient (Wildman–Crippen LogP) is 4.93. The van der Waals surface area contributed by atoms with Gasteiger partial charge in [-0.25, -0.2) is 29.3 Å². The van der Waals surface area contributed by atoms with Crippen molar-refractivity contribution in [1.29, 1.82) is 5.26 Å². The molecule has 7 rings (SSSR count). The molecule has 212 valence electrons. The lowest BCUT2D eigenvalue weighted by atomic mass is 10.0. The van der Waals surface area contributed by atoms with Crippen LogP contribution >= 0.6 is 11.5 Å². The number of hydrogen-bond acceptors (Lipinski definition) is 11. The van der Waals surface area contributed by atoms with Crippen LogP contribution in [0.25, 0.3) is 38.8 Å². The summed E-state index contributed by atoms with van der Waals surface area (Å²) < 4.78 is 6.30. The number of nitrogens with one attached hydrogen (secondary N) is 1. The third-order valence-corrected chi connectivity index (χ3v) is 8.34. The van der Waals surface area contributed by atoms with E-state index in [1.54, 1.807) is 18.6 Å². The minimum absolute atomic E-state index is 0.182. The quantitative estimate of drug-likeness (QED) is 0.264. The fourth-order valence-corrected chi connectivity index (χ4v) is 5.98. The SMILES string of the molecule is N#Cc1nccc(NC2CCN(Cc3ccc(-n4c(-c5cccnc5N)nc5ccc(-c6ccns6)nc54)cc3)CC2)n1. The summed E-state index contributed by atoms with van der Waals surface area (Å²) in [6, 6.07) is 22.4. The van der Waals surface area contributed by atoms with Gasteiger partial charge in [-0.2, -0.15) is 5.26 Å². The molecule has 1 saturated heterocycles. The van der Waals surface area contributed by atoms with Crippen molar-refractivity contribution in [3.63, 3.8) is 0 Å². The summed E-state index contributed by atoms with van der Waals surface area (Å²) in [6.07, 6.45) is 7.07. The maximum atomic E-state index is 9.06. The lowest BCUT2D eigenvalue weighted by Crippen LogP contribution is -2.38. The van der Waals surface area contributed by atoms with Crippen LogP contribution in [0.5, 0.6) is 0 Å². The van der Waals surface area contributed by atoms with Gasteiger partial charge in [0.2, 0.25) is 5.82 Å². The minimum Gasteiger partial charge on any atom is -0.383 e. The standard InChI is InChI=1S/C31H27N11S/c32-18-28-34-14-10-27(40-28)37-21-11-16-41(17-12-21)19-20-3-5-22(6-4-20)42-30(23-2-1-13-35-29(23)33)39-25-8-7-24(38-31(25)42)26-9-15-36-43-26/h1-10,13-15,21H,11-12,16-17,19H2,(H2,33,35)(H,34,37,40). The van der Waals surface area contributed by atoms with Crippen LogP contribution in [0, 0.1) is 11.3 Å². The predicted molar refractivity (Wildman–Crippen MR) is 166 cm³/mol. The summed E-state index contributed by atoms with van der Waals surface area (Å²) >= 11 is 1.41. The molecule has 1 aromatic carbocycles. The Bertz CT molecular complexity index is 1920. The average Bonchev–Trinajstić information content (AvgIpc) is 3.71. The molecule has 0 radical (unpaired) electrons. The molecular formula is C31H27N11S. The van der Waals surface area contributed by atoms with Crippen LogP contribution in [0.4, 0.5) is 11.6 Å². The monoisotopic (exact) mass is 585 g/mol. The average molecular weight is 586 g/mol. The molecule has 43 heavy (non-hydrogen) atoms. The molecule has 1 aliphatic heterocycles. The van der Waals surface area contributed by atoms with Crippen molar-refractivity contribution in [1.82, 2.24) is 38.8 Å². The number of aromatic nitrogens is 7. The molecule has 1 aliphatic rings. The van der Waals surface area contributed by atoms with E-state index in [9.17, 15) is 0 Å². The molecule has 3 N–H and O–H groups in total. The smallest absolute Gasteiger partial charge is 0.234 e. The molecule has 11 nitrogen and oxygen atoms in total. The Morgan fingerprint density at radius 3 is 2.56 bits per heavy atom. The zero-order valence-electron chi connectivity index (χ0n) is 23.1. The number of fused-ring (bicyclic) bond motifs is 1. The molecular weight excluding hydrogens is 558 g/mol. The number of piperidine rings is 1. The Morgan fingerprint density at radius 1 is 0.930 bits per heavy atom. The van der Waals surface area contributed by atoms with Gasteiger partial charge < -0.3 is 11.1 Å². The molecule has 0 amide bonds. The van der Waals surface area contributed by atoms with Crippen molar-refractivity contribution in [2.24, 2.45) is 0 Å². The molecule has 0 spiro atoms. The van der Waals surface area contributed by atoms with Crippen molar-refractivity contribution < 1.29 is 0 Å². The highest BCUT2D eigenvalue weighted by molar-refractivity contribution is 7.09. The maximum Gasteiger partial charge on any atom is 0.234 e. The first-order valence-corrected chi connectivity index (χ1v) is 14.7. The molecule has 5 aromatic heterocycles. The van der Waals surface area contributed by atoms with Crippen LogP contribution in [0.2, 0.25) is 0 Å². The first-order valence-electron chi connectivity index (χ1n) is 14.0. The normalized spacial score (nSPS) is 14.1. The molecule has 0 atom stereocenters. The van der Waals surface area contributed by atoms with Gasteiger partial charge in [-0.05, 0) is 78.5 Å². The van der Waals surface area contributed by atoms with Crippen molar-refractivity contribution in [2.75, 3.05) is 24.1 Å². The van der Waals surface area contributed by atoms with E-state index in [2.05, 4.69) is 58.4 Å². The van der Waals surface area contributed by atoms with Crippen LogP contribution in [0.3, 0.4) is 0 Å². The third-order valence-electron chi connectivity index (χ3n) is 7.57. The Kier molecular flexibility index (Phi) is 7.16. The zero-order chi connectivity index (χ0) is 29.2.